The second-order valence-electron chi connectivity index (χ2n) is 15.5. The van der Waals surface area contributed by atoms with Crippen molar-refractivity contribution in [3.63, 3.8) is 0 Å². The maximum atomic E-state index is 14.1. The Labute approximate surface area is 299 Å². The van der Waals surface area contributed by atoms with Gasteiger partial charge in [-0.3, -0.25) is 4.79 Å². The molecule has 2 amide bonds. The Morgan fingerprint density at radius 1 is 0.820 bits per heavy atom. The topological polar surface area (TPSA) is 103 Å². The number of carbonyl (C=O) groups is 3. The van der Waals surface area contributed by atoms with Crippen LogP contribution in [0.1, 0.15) is 83.9 Å². The van der Waals surface area contributed by atoms with Crippen molar-refractivity contribution >= 4 is 26.3 Å². The fourth-order valence-electron chi connectivity index (χ4n) is 5.81. The first kappa shape index (κ1) is 38.6. The summed E-state index contributed by atoms with van der Waals surface area (Å²) in [5, 5.41) is 6.36. The predicted molar refractivity (Wildman–Crippen MR) is 200 cm³/mol. The fourth-order valence-corrected chi connectivity index (χ4v) is 6.89. The smallest absolute Gasteiger partial charge is 0.408 e. The number of carbonyl (C=O) groups excluding carboxylic acids is 3. The van der Waals surface area contributed by atoms with Gasteiger partial charge in [-0.25, -0.2) is 9.59 Å². The van der Waals surface area contributed by atoms with Gasteiger partial charge < -0.3 is 24.5 Å². The van der Waals surface area contributed by atoms with Crippen LogP contribution in [0, 0.1) is 0 Å². The molecule has 0 bridgehead atoms. The standard InChI is InChI=1S/C41H54N2O6Si/c1-39(2,3)49-38(46)42-34(35-29-30(37(45)48-35)19-18-28-47-50(7,8)40(4,5)6)26-27-36(44)43-41(31-20-12-9-13-21-31,32-22-14-10-15-23-32)33-24-16-11-17-25-33/h9-17,20-25,29,34-35H,18-19,26-28H2,1-8H3,(H,42,46)(H,43,44)/t34-,35+/m0/s1. The van der Waals surface area contributed by atoms with Crippen molar-refractivity contribution in [2.75, 3.05) is 6.61 Å². The van der Waals surface area contributed by atoms with E-state index >= 15 is 0 Å². The lowest BCUT2D eigenvalue weighted by Gasteiger charge is -2.37. The molecule has 0 radical (unpaired) electrons. The summed E-state index contributed by atoms with van der Waals surface area (Å²) in [7, 11) is -1.91. The molecule has 0 aromatic heterocycles. The first-order chi connectivity index (χ1) is 23.5. The minimum absolute atomic E-state index is 0.0479. The van der Waals surface area contributed by atoms with E-state index in [4.69, 9.17) is 13.9 Å². The highest BCUT2D eigenvalue weighted by Crippen LogP contribution is 2.38. The second kappa shape index (κ2) is 16.2. The van der Waals surface area contributed by atoms with Crippen LogP contribution in [0.2, 0.25) is 18.1 Å². The molecule has 0 unspecified atom stereocenters. The summed E-state index contributed by atoms with van der Waals surface area (Å²) in [5.74, 6) is -0.645. The van der Waals surface area contributed by atoms with Gasteiger partial charge in [0.25, 0.3) is 0 Å². The zero-order valence-electron chi connectivity index (χ0n) is 30.9. The summed E-state index contributed by atoms with van der Waals surface area (Å²) in [6, 6.07) is 29.0. The van der Waals surface area contributed by atoms with Crippen LogP contribution in [0.5, 0.6) is 0 Å². The van der Waals surface area contributed by atoms with Crippen LogP contribution >= 0.6 is 0 Å². The van der Waals surface area contributed by atoms with Crippen LogP contribution in [0.15, 0.2) is 103 Å². The lowest BCUT2D eigenvalue weighted by molar-refractivity contribution is -0.140. The molecule has 0 aliphatic carbocycles. The molecule has 1 aliphatic heterocycles. The number of alkyl carbamates (subject to hydrolysis) is 1. The Bertz CT molecular complexity index is 1510. The van der Waals surface area contributed by atoms with Gasteiger partial charge in [0, 0.05) is 18.6 Å². The molecule has 0 spiro atoms. The van der Waals surface area contributed by atoms with Crippen LogP contribution in [0.25, 0.3) is 0 Å². The van der Waals surface area contributed by atoms with Crippen LogP contribution < -0.4 is 10.6 Å². The molecule has 1 heterocycles. The lowest BCUT2D eigenvalue weighted by Crippen LogP contribution is -2.49. The van der Waals surface area contributed by atoms with Crippen LogP contribution in [0.4, 0.5) is 4.79 Å². The van der Waals surface area contributed by atoms with Gasteiger partial charge in [-0.05, 0) is 80.9 Å². The number of esters is 1. The number of rotatable bonds is 14. The highest BCUT2D eigenvalue weighted by atomic mass is 28.4. The summed E-state index contributed by atoms with van der Waals surface area (Å²) in [6.45, 7) is 16.9. The van der Waals surface area contributed by atoms with Crippen molar-refractivity contribution in [2.45, 2.75) is 109 Å². The number of nitrogens with one attached hydrogen (secondary N) is 2. The lowest BCUT2D eigenvalue weighted by atomic mass is 9.77. The Morgan fingerprint density at radius 2 is 1.32 bits per heavy atom. The third kappa shape index (κ3) is 9.94. The van der Waals surface area contributed by atoms with E-state index in [1.807, 2.05) is 91.0 Å². The van der Waals surface area contributed by atoms with E-state index in [9.17, 15) is 14.4 Å². The maximum absolute atomic E-state index is 14.1. The summed E-state index contributed by atoms with van der Waals surface area (Å²) in [6.07, 6.45) is 1.81. The Hall–Kier alpha value is -4.21. The number of hydrogen-bond donors (Lipinski definition) is 2. The van der Waals surface area contributed by atoms with Crippen molar-refractivity contribution in [2.24, 2.45) is 0 Å². The summed E-state index contributed by atoms with van der Waals surface area (Å²) in [5.41, 5.74) is 1.56. The third-order valence-electron chi connectivity index (χ3n) is 9.46. The summed E-state index contributed by atoms with van der Waals surface area (Å²) in [4.78, 5) is 40.1. The first-order valence-corrected chi connectivity index (χ1v) is 20.5. The molecule has 2 atom stereocenters. The average molecular weight is 699 g/mol. The number of benzene rings is 3. The normalized spacial score (nSPS) is 15.9. The highest BCUT2D eigenvalue weighted by Gasteiger charge is 2.40. The number of amides is 2. The highest BCUT2D eigenvalue weighted by molar-refractivity contribution is 6.74. The average Bonchev–Trinajstić information content (AvgIpc) is 3.43. The molecule has 4 rings (SSSR count). The van der Waals surface area contributed by atoms with Gasteiger partial charge in [-0.2, -0.15) is 0 Å². The molecular weight excluding hydrogens is 645 g/mol. The van der Waals surface area contributed by atoms with Crippen molar-refractivity contribution in [3.8, 4) is 0 Å². The van der Waals surface area contributed by atoms with E-state index in [-0.39, 0.29) is 23.8 Å². The largest absolute Gasteiger partial charge is 0.453 e. The molecule has 1 aliphatic rings. The molecule has 2 N–H and O–H groups in total. The number of ether oxygens (including phenoxy) is 2. The minimum Gasteiger partial charge on any atom is -0.453 e. The van der Waals surface area contributed by atoms with E-state index in [1.165, 1.54) is 0 Å². The first-order valence-electron chi connectivity index (χ1n) is 17.5. The van der Waals surface area contributed by atoms with Crippen LogP contribution in [0.3, 0.4) is 0 Å². The predicted octanol–water partition coefficient (Wildman–Crippen LogP) is 8.42. The van der Waals surface area contributed by atoms with Gasteiger partial charge in [-0.15, -0.1) is 0 Å². The molecule has 3 aromatic rings. The Kier molecular flexibility index (Phi) is 12.5. The summed E-state index contributed by atoms with van der Waals surface area (Å²) < 4.78 is 17.7. The van der Waals surface area contributed by atoms with Gasteiger partial charge in [-0.1, -0.05) is 112 Å². The Balaban J connectivity index is 1.55. The second-order valence-corrected chi connectivity index (χ2v) is 20.3. The van der Waals surface area contributed by atoms with Crippen molar-refractivity contribution in [3.05, 3.63) is 119 Å². The SMILES string of the molecule is CC(C)(C)OC(=O)N[C@@H](CCC(=O)NC(c1ccccc1)(c1ccccc1)c1ccccc1)[C@H]1C=C(CCCO[Si](C)(C)C(C)(C)C)C(=O)O1. The van der Waals surface area contributed by atoms with E-state index in [0.717, 1.165) is 16.7 Å². The van der Waals surface area contributed by atoms with Crippen LogP contribution in [-0.2, 0) is 29.0 Å². The molecule has 3 aromatic carbocycles. The van der Waals surface area contributed by atoms with Gasteiger partial charge in [0.05, 0.1) is 6.04 Å². The van der Waals surface area contributed by atoms with Gasteiger partial charge in [0.2, 0.25) is 5.91 Å². The van der Waals surface area contributed by atoms with E-state index in [1.54, 1.807) is 26.8 Å². The van der Waals surface area contributed by atoms with Crippen molar-refractivity contribution in [1.29, 1.82) is 0 Å². The fraction of sp³-hybridized carbons (Fsp3) is 0.439. The zero-order valence-corrected chi connectivity index (χ0v) is 31.9. The van der Waals surface area contributed by atoms with Crippen molar-refractivity contribution < 1.29 is 28.3 Å². The number of hydrogen-bond acceptors (Lipinski definition) is 6. The molecule has 268 valence electrons. The molecule has 8 nitrogen and oxygen atoms in total. The third-order valence-corrected chi connectivity index (χ3v) is 14.0. The molecule has 50 heavy (non-hydrogen) atoms. The van der Waals surface area contributed by atoms with Gasteiger partial charge in [0.15, 0.2) is 8.32 Å². The quantitative estimate of drug-likeness (QED) is 0.0759. The monoisotopic (exact) mass is 698 g/mol. The minimum atomic E-state index is -1.91. The maximum Gasteiger partial charge on any atom is 0.408 e. The van der Waals surface area contributed by atoms with Crippen molar-refractivity contribution in [1.82, 2.24) is 10.6 Å². The van der Waals surface area contributed by atoms with Crippen LogP contribution in [-0.4, -0.2) is 50.6 Å². The zero-order chi connectivity index (χ0) is 36.6. The molecule has 9 heteroatoms. The summed E-state index contributed by atoms with van der Waals surface area (Å²) >= 11 is 0. The van der Waals surface area contributed by atoms with Gasteiger partial charge >= 0.3 is 12.1 Å². The van der Waals surface area contributed by atoms with Gasteiger partial charge in [0.1, 0.15) is 17.2 Å². The van der Waals surface area contributed by atoms with E-state index in [2.05, 4.69) is 44.5 Å². The molecular formula is C41H54N2O6Si. The molecule has 0 saturated carbocycles. The number of cyclic esters (lactones) is 1. The molecule has 0 saturated heterocycles. The van der Waals surface area contributed by atoms with E-state index in [0.29, 0.717) is 25.0 Å². The van der Waals surface area contributed by atoms with E-state index < -0.39 is 43.7 Å². The Morgan fingerprint density at radius 3 is 1.78 bits per heavy atom. The molecule has 0 fully saturated rings.